The molecule has 4 aromatic rings. The number of nitrogens with zero attached hydrogens (tertiary/aromatic N) is 5. The Kier molecular flexibility index (Phi) is 6.40. The number of aryl methyl sites for hydroxylation is 2. The quantitative estimate of drug-likeness (QED) is 0.290. The molecule has 0 unspecified atom stereocenters. The minimum absolute atomic E-state index is 0.0635. The number of ether oxygens (including phenoxy) is 1. The lowest BCUT2D eigenvalue weighted by Crippen LogP contribution is -2.12. The molecule has 0 spiro atoms. The molecule has 0 saturated carbocycles. The van der Waals surface area contributed by atoms with Gasteiger partial charge in [-0.2, -0.15) is 0 Å². The van der Waals surface area contributed by atoms with Gasteiger partial charge >= 0.3 is 0 Å². The Hall–Kier alpha value is -2.36. The second-order valence-corrected chi connectivity index (χ2v) is 9.00. The van der Waals surface area contributed by atoms with E-state index in [0.717, 1.165) is 40.8 Å². The monoisotopic (exact) mass is 461 g/mol. The summed E-state index contributed by atoms with van der Waals surface area (Å²) in [6.45, 7) is 2.57. The van der Waals surface area contributed by atoms with Crippen LogP contribution < -0.4 is 10.3 Å². The van der Waals surface area contributed by atoms with E-state index < -0.39 is 0 Å². The van der Waals surface area contributed by atoms with Crippen LogP contribution in [0.1, 0.15) is 23.5 Å². The highest BCUT2D eigenvalue weighted by atomic mass is 35.5. The van der Waals surface area contributed by atoms with Crippen molar-refractivity contribution in [1.82, 2.24) is 24.1 Å². The van der Waals surface area contributed by atoms with Crippen LogP contribution in [0.2, 0.25) is 5.02 Å². The minimum atomic E-state index is -0.0635. The number of hydrogen-bond acceptors (Lipinski definition) is 7. The van der Waals surface area contributed by atoms with Crippen molar-refractivity contribution >= 4 is 39.7 Å². The molecule has 10 heteroatoms. The van der Waals surface area contributed by atoms with Crippen LogP contribution >= 0.6 is 34.7 Å². The van der Waals surface area contributed by atoms with Crippen LogP contribution in [-0.4, -0.2) is 30.8 Å². The summed E-state index contributed by atoms with van der Waals surface area (Å²) in [5.41, 5.74) is 1.70. The number of hydrogen-bond donors (Lipinski definition) is 0. The maximum Gasteiger partial charge on any atom is 0.258 e. The average Bonchev–Trinajstić information content (AvgIpc) is 3.32. The molecule has 3 heterocycles. The van der Waals surface area contributed by atoms with Crippen molar-refractivity contribution in [3.8, 4) is 5.75 Å². The Morgan fingerprint density at radius 2 is 2.13 bits per heavy atom. The van der Waals surface area contributed by atoms with E-state index in [0.29, 0.717) is 22.3 Å². The summed E-state index contributed by atoms with van der Waals surface area (Å²) in [7, 11) is 1.95. The van der Waals surface area contributed by atoms with Gasteiger partial charge in [0.05, 0.1) is 12.3 Å². The van der Waals surface area contributed by atoms with Crippen molar-refractivity contribution < 1.29 is 4.74 Å². The van der Waals surface area contributed by atoms with Crippen molar-refractivity contribution in [2.45, 2.75) is 30.7 Å². The lowest BCUT2D eigenvalue weighted by Gasteiger charge is -2.09. The summed E-state index contributed by atoms with van der Waals surface area (Å²) >= 11 is 8.94. The van der Waals surface area contributed by atoms with Gasteiger partial charge in [-0.15, -0.1) is 21.5 Å². The Morgan fingerprint density at radius 1 is 1.27 bits per heavy atom. The fourth-order valence-electron chi connectivity index (χ4n) is 2.98. The second-order valence-electron chi connectivity index (χ2n) is 6.75. The molecule has 3 aromatic heterocycles. The number of rotatable bonds is 8. The third kappa shape index (κ3) is 4.69. The lowest BCUT2D eigenvalue weighted by atomic mass is 10.2. The molecule has 0 atom stereocenters. The van der Waals surface area contributed by atoms with Gasteiger partial charge in [0.25, 0.3) is 5.56 Å². The zero-order chi connectivity index (χ0) is 21.1. The third-order valence-corrected chi connectivity index (χ3v) is 6.62. The fourth-order valence-corrected chi connectivity index (χ4v) is 4.76. The first-order chi connectivity index (χ1) is 14.5. The fraction of sp³-hybridized carbons (Fsp3) is 0.300. The van der Waals surface area contributed by atoms with Gasteiger partial charge in [-0.05, 0) is 37.1 Å². The first kappa shape index (κ1) is 20.9. The van der Waals surface area contributed by atoms with Gasteiger partial charge in [0, 0.05) is 41.9 Å². The molecule has 1 aromatic carbocycles. The van der Waals surface area contributed by atoms with E-state index in [9.17, 15) is 4.79 Å². The van der Waals surface area contributed by atoms with Crippen molar-refractivity contribution in [3.63, 3.8) is 0 Å². The number of aromatic nitrogens is 5. The summed E-state index contributed by atoms with van der Waals surface area (Å²) in [5.74, 6) is 2.31. The molecule has 0 bridgehead atoms. The first-order valence-corrected chi connectivity index (χ1v) is 11.6. The molecular weight excluding hydrogens is 442 g/mol. The molecule has 30 heavy (non-hydrogen) atoms. The normalized spacial score (nSPS) is 11.3. The maximum absolute atomic E-state index is 12.1. The number of halogens is 1. The smallest absolute Gasteiger partial charge is 0.258 e. The third-order valence-electron chi connectivity index (χ3n) is 4.57. The van der Waals surface area contributed by atoms with Crippen molar-refractivity contribution in [2.24, 2.45) is 7.05 Å². The number of fused-ring (bicyclic) bond motifs is 1. The van der Waals surface area contributed by atoms with Crippen LogP contribution in [-0.2, 0) is 19.2 Å². The summed E-state index contributed by atoms with van der Waals surface area (Å²) in [5, 5.41) is 11.9. The molecule has 156 valence electrons. The van der Waals surface area contributed by atoms with Crippen LogP contribution in [0.5, 0.6) is 5.75 Å². The van der Waals surface area contributed by atoms with Crippen LogP contribution in [0.25, 0.3) is 4.96 Å². The standard InChI is InChI=1S/C20H20ClN5O2S2/c1-13-10-14(21)5-6-16(13)28-8-3-4-17-23-24-20(25(17)2)30-12-15-11-18(27)26-7-9-29-19(26)22-15/h5-7,9-11H,3-4,8,12H2,1-2H3. The predicted octanol–water partition coefficient (Wildman–Crippen LogP) is 4.15. The van der Waals surface area contributed by atoms with E-state index in [1.165, 1.54) is 23.1 Å². The number of thiazole rings is 1. The highest BCUT2D eigenvalue weighted by Crippen LogP contribution is 2.23. The zero-order valence-corrected chi connectivity index (χ0v) is 18.9. The topological polar surface area (TPSA) is 74.3 Å². The van der Waals surface area contributed by atoms with Gasteiger partial charge in [0.2, 0.25) is 0 Å². The molecule has 0 aliphatic heterocycles. The number of thioether (sulfide) groups is 1. The molecule has 0 aliphatic rings. The lowest BCUT2D eigenvalue weighted by molar-refractivity contribution is 0.307. The Morgan fingerprint density at radius 3 is 2.97 bits per heavy atom. The highest BCUT2D eigenvalue weighted by Gasteiger charge is 2.11. The van der Waals surface area contributed by atoms with E-state index in [4.69, 9.17) is 16.3 Å². The molecule has 0 N–H and O–H groups in total. The van der Waals surface area contributed by atoms with Crippen LogP contribution in [0.15, 0.2) is 45.8 Å². The molecule has 0 saturated heterocycles. The van der Waals surface area contributed by atoms with Crippen molar-refractivity contribution in [3.05, 3.63) is 68.3 Å². The molecule has 0 radical (unpaired) electrons. The first-order valence-electron chi connectivity index (χ1n) is 9.37. The van der Waals surface area contributed by atoms with Gasteiger partial charge < -0.3 is 9.30 Å². The van der Waals surface area contributed by atoms with Crippen LogP contribution in [0, 0.1) is 6.92 Å². The Labute approximate surface area is 186 Å². The zero-order valence-electron chi connectivity index (χ0n) is 16.5. The van der Waals surface area contributed by atoms with E-state index >= 15 is 0 Å². The Bertz CT molecular complexity index is 1230. The van der Waals surface area contributed by atoms with Crippen LogP contribution in [0.4, 0.5) is 0 Å². The predicted molar refractivity (Wildman–Crippen MR) is 120 cm³/mol. The van der Waals surface area contributed by atoms with Gasteiger partial charge in [-0.3, -0.25) is 9.20 Å². The number of benzene rings is 1. The van der Waals surface area contributed by atoms with Gasteiger partial charge in [-0.25, -0.2) is 4.98 Å². The molecular formula is C20H20ClN5O2S2. The summed E-state index contributed by atoms with van der Waals surface area (Å²) < 4.78 is 9.37. The highest BCUT2D eigenvalue weighted by molar-refractivity contribution is 7.98. The molecule has 0 amide bonds. The van der Waals surface area contributed by atoms with Crippen molar-refractivity contribution in [1.29, 1.82) is 0 Å². The minimum Gasteiger partial charge on any atom is -0.493 e. The largest absolute Gasteiger partial charge is 0.493 e. The van der Waals surface area contributed by atoms with Crippen LogP contribution in [0.3, 0.4) is 0 Å². The summed E-state index contributed by atoms with van der Waals surface area (Å²) in [4.78, 5) is 17.3. The molecule has 0 aliphatic carbocycles. The molecule has 0 fully saturated rings. The average molecular weight is 462 g/mol. The van der Waals surface area contributed by atoms with Gasteiger partial charge in [0.15, 0.2) is 10.1 Å². The summed E-state index contributed by atoms with van der Waals surface area (Å²) in [6, 6.07) is 7.18. The SMILES string of the molecule is Cc1cc(Cl)ccc1OCCCc1nnc(SCc2cc(=O)n3ccsc3n2)n1C. The van der Waals surface area contributed by atoms with E-state index in [1.54, 1.807) is 16.7 Å². The summed E-state index contributed by atoms with van der Waals surface area (Å²) in [6.07, 6.45) is 3.32. The second kappa shape index (κ2) is 9.20. The maximum atomic E-state index is 12.1. The van der Waals surface area contributed by atoms with E-state index in [1.807, 2.05) is 42.1 Å². The molecule has 4 rings (SSSR count). The van der Waals surface area contributed by atoms with E-state index in [2.05, 4.69) is 15.2 Å². The van der Waals surface area contributed by atoms with E-state index in [-0.39, 0.29) is 5.56 Å². The van der Waals surface area contributed by atoms with Gasteiger partial charge in [-0.1, -0.05) is 23.4 Å². The van der Waals surface area contributed by atoms with Crippen molar-refractivity contribution in [2.75, 3.05) is 6.61 Å². The molecule has 7 nitrogen and oxygen atoms in total. The Balaban J connectivity index is 1.31. The van der Waals surface area contributed by atoms with Gasteiger partial charge in [0.1, 0.15) is 11.6 Å².